The first-order valence-corrected chi connectivity index (χ1v) is 10.8. The van der Waals surface area contributed by atoms with Gasteiger partial charge < -0.3 is 10.2 Å². The number of rotatable bonds is 7. The molecule has 2 amide bonds. The molecule has 0 aromatic heterocycles. The van der Waals surface area contributed by atoms with Crippen LogP contribution in [0.4, 0.5) is 0 Å². The molecule has 0 saturated heterocycles. The van der Waals surface area contributed by atoms with E-state index in [0.29, 0.717) is 16.6 Å². The molecule has 1 N–H and O–H groups in total. The van der Waals surface area contributed by atoms with E-state index in [1.165, 1.54) is 0 Å². The predicted octanol–water partition coefficient (Wildman–Crippen LogP) is 5.01. The zero-order valence-corrected chi connectivity index (χ0v) is 18.0. The maximum Gasteiger partial charge on any atom is 0.242 e. The summed E-state index contributed by atoms with van der Waals surface area (Å²) < 4.78 is 0. The maximum atomic E-state index is 13.1. The first kappa shape index (κ1) is 21.7. The average Bonchev–Trinajstić information content (AvgIpc) is 3.20. The topological polar surface area (TPSA) is 49.4 Å². The van der Waals surface area contributed by atoms with Crippen LogP contribution in [0.3, 0.4) is 0 Å². The lowest BCUT2D eigenvalue weighted by molar-refractivity contribution is -0.140. The Morgan fingerprint density at radius 2 is 1.72 bits per heavy atom. The largest absolute Gasteiger partial charge is 0.352 e. The normalized spacial score (nSPS) is 15.1. The Hall–Kier alpha value is -2.04. The van der Waals surface area contributed by atoms with E-state index in [1.54, 1.807) is 30.0 Å². The molecule has 0 aliphatic heterocycles. The Kier molecular flexibility index (Phi) is 7.57. The molecule has 2 aromatic rings. The van der Waals surface area contributed by atoms with Crippen molar-refractivity contribution in [3.63, 3.8) is 0 Å². The second kappa shape index (κ2) is 10.1. The monoisotopic (exact) mass is 432 g/mol. The van der Waals surface area contributed by atoms with E-state index in [9.17, 15) is 9.59 Å². The van der Waals surface area contributed by atoms with Gasteiger partial charge in [0.1, 0.15) is 6.04 Å². The van der Waals surface area contributed by atoms with E-state index in [4.69, 9.17) is 23.2 Å². The molecule has 1 saturated carbocycles. The summed E-state index contributed by atoms with van der Waals surface area (Å²) in [5.41, 5.74) is 1.75. The van der Waals surface area contributed by atoms with Crippen molar-refractivity contribution < 1.29 is 9.59 Å². The van der Waals surface area contributed by atoms with Crippen molar-refractivity contribution in [2.24, 2.45) is 0 Å². The lowest BCUT2D eigenvalue weighted by atomic mass is 10.1. The van der Waals surface area contributed by atoms with Crippen LogP contribution in [0.15, 0.2) is 48.5 Å². The summed E-state index contributed by atoms with van der Waals surface area (Å²) in [6.07, 6.45) is 4.50. The quantitative estimate of drug-likeness (QED) is 0.667. The van der Waals surface area contributed by atoms with E-state index in [-0.39, 0.29) is 24.3 Å². The third-order valence-electron chi connectivity index (χ3n) is 5.38. The van der Waals surface area contributed by atoms with Crippen molar-refractivity contribution in [2.75, 3.05) is 0 Å². The van der Waals surface area contributed by atoms with Crippen LogP contribution < -0.4 is 5.32 Å². The van der Waals surface area contributed by atoms with Gasteiger partial charge in [-0.3, -0.25) is 9.59 Å². The highest BCUT2D eigenvalue weighted by atomic mass is 35.5. The number of amides is 2. The first-order chi connectivity index (χ1) is 13.9. The summed E-state index contributed by atoms with van der Waals surface area (Å²) >= 11 is 12.1. The Morgan fingerprint density at radius 1 is 1.03 bits per heavy atom. The van der Waals surface area contributed by atoms with Gasteiger partial charge in [0, 0.05) is 22.6 Å². The van der Waals surface area contributed by atoms with Gasteiger partial charge in [-0.05, 0) is 55.2 Å². The van der Waals surface area contributed by atoms with Gasteiger partial charge >= 0.3 is 0 Å². The van der Waals surface area contributed by atoms with Gasteiger partial charge in [0.15, 0.2) is 0 Å². The van der Waals surface area contributed by atoms with Crippen LogP contribution in [0.25, 0.3) is 0 Å². The van der Waals surface area contributed by atoms with E-state index < -0.39 is 6.04 Å². The molecule has 3 rings (SSSR count). The summed E-state index contributed by atoms with van der Waals surface area (Å²) in [7, 11) is 0. The van der Waals surface area contributed by atoms with Crippen molar-refractivity contribution in [3.05, 3.63) is 69.7 Å². The number of halogens is 2. The third-order valence-corrected chi connectivity index (χ3v) is 5.87. The van der Waals surface area contributed by atoms with Gasteiger partial charge in [0.2, 0.25) is 11.8 Å². The summed E-state index contributed by atoms with van der Waals surface area (Å²) in [5, 5.41) is 4.34. The molecule has 0 spiro atoms. The molecule has 154 valence electrons. The van der Waals surface area contributed by atoms with Crippen LogP contribution in [-0.2, 0) is 22.6 Å². The van der Waals surface area contributed by atoms with Gasteiger partial charge in [0.25, 0.3) is 0 Å². The highest BCUT2D eigenvalue weighted by Gasteiger charge is 2.28. The highest BCUT2D eigenvalue weighted by Crippen LogP contribution is 2.20. The number of carbonyl (C=O) groups excluding carboxylic acids is 2. The minimum absolute atomic E-state index is 0.108. The van der Waals surface area contributed by atoms with Crippen LogP contribution in [-0.4, -0.2) is 28.8 Å². The Balaban J connectivity index is 1.76. The summed E-state index contributed by atoms with van der Waals surface area (Å²) in [4.78, 5) is 27.6. The standard InChI is InChI=1S/C23H26Cl2N2O2/c1-16(23(29)26-21-7-2-3-8-21)27(15-18-5-4-6-20(25)13-18)22(28)14-17-9-11-19(24)12-10-17/h4-6,9-13,16,21H,2-3,7-8,14-15H2,1H3,(H,26,29)/t16-/m0/s1. The van der Waals surface area contributed by atoms with Crippen LogP contribution in [0, 0.1) is 0 Å². The maximum absolute atomic E-state index is 13.1. The van der Waals surface area contributed by atoms with Crippen LogP contribution in [0.5, 0.6) is 0 Å². The number of hydrogen-bond donors (Lipinski definition) is 1. The number of nitrogens with one attached hydrogen (secondary N) is 1. The minimum Gasteiger partial charge on any atom is -0.352 e. The van der Waals surface area contributed by atoms with Gasteiger partial charge in [-0.2, -0.15) is 0 Å². The molecule has 29 heavy (non-hydrogen) atoms. The smallest absolute Gasteiger partial charge is 0.242 e. The fourth-order valence-electron chi connectivity index (χ4n) is 3.69. The van der Waals surface area contributed by atoms with Crippen molar-refractivity contribution in [1.82, 2.24) is 10.2 Å². The third kappa shape index (κ3) is 6.22. The number of benzene rings is 2. The second-order valence-corrected chi connectivity index (χ2v) is 8.49. The van der Waals surface area contributed by atoms with E-state index in [0.717, 1.165) is 36.8 Å². The van der Waals surface area contributed by atoms with Crippen LogP contribution >= 0.6 is 23.2 Å². The fourth-order valence-corrected chi connectivity index (χ4v) is 4.02. The molecule has 0 unspecified atom stereocenters. The Labute approximate surface area is 182 Å². The zero-order valence-electron chi connectivity index (χ0n) is 16.5. The minimum atomic E-state index is -0.575. The van der Waals surface area contributed by atoms with Gasteiger partial charge in [-0.25, -0.2) is 0 Å². The summed E-state index contributed by atoms with van der Waals surface area (Å²) in [5.74, 6) is -0.218. The SMILES string of the molecule is C[C@@H](C(=O)NC1CCCC1)N(Cc1cccc(Cl)c1)C(=O)Cc1ccc(Cl)cc1. The molecular formula is C23H26Cl2N2O2. The zero-order chi connectivity index (χ0) is 20.8. The number of hydrogen-bond acceptors (Lipinski definition) is 2. The van der Waals surface area contributed by atoms with Crippen LogP contribution in [0.2, 0.25) is 10.0 Å². The summed E-state index contributed by atoms with van der Waals surface area (Å²) in [6.45, 7) is 2.11. The van der Waals surface area contributed by atoms with Crippen molar-refractivity contribution in [2.45, 2.75) is 57.7 Å². The molecule has 1 fully saturated rings. The van der Waals surface area contributed by atoms with Crippen molar-refractivity contribution in [3.8, 4) is 0 Å². The lowest BCUT2D eigenvalue weighted by Crippen LogP contribution is -2.50. The first-order valence-electron chi connectivity index (χ1n) is 10.0. The molecule has 1 aliphatic carbocycles. The molecule has 0 bridgehead atoms. The predicted molar refractivity (Wildman–Crippen MR) is 117 cm³/mol. The molecule has 0 radical (unpaired) electrons. The summed E-state index contributed by atoms with van der Waals surface area (Å²) in [6, 6.07) is 14.2. The van der Waals surface area contributed by atoms with Crippen molar-refractivity contribution >= 4 is 35.0 Å². The van der Waals surface area contributed by atoms with E-state index >= 15 is 0 Å². The molecule has 2 aromatic carbocycles. The number of carbonyl (C=O) groups is 2. The highest BCUT2D eigenvalue weighted by molar-refractivity contribution is 6.30. The molecule has 0 heterocycles. The molecule has 1 aliphatic rings. The van der Waals surface area contributed by atoms with Crippen LogP contribution in [0.1, 0.15) is 43.7 Å². The average molecular weight is 433 g/mol. The lowest BCUT2D eigenvalue weighted by Gasteiger charge is -2.30. The van der Waals surface area contributed by atoms with Crippen molar-refractivity contribution in [1.29, 1.82) is 0 Å². The van der Waals surface area contributed by atoms with Gasteiger partial charge in [0.05, 0.1) is 6.42 Å². The fraction of sp³-hybridized carbons (Fsp3) is 0.391. The molecular weight excluding hydrogens is 407 g/mol. The molecule has 1 atom stereocenters. The van der Waals surface area contributed by atoms with Gasteiger partial charge in [-0.1, -0.05) is 60.3 Å². The second-order valence-electron chi connectivity index (χ2n) is 7.62. The Bertz CT molecular complexity index is 848. The Morgan fingerprint density at radius 3 is 2.38 bits per heavy atom. The molecule has 4 nitrogen and oxygen atoms in total. The van der Waals surface area contributed by atoms with E-state index in [2.05, 4.69) is 5.32 Å². The number of nitrogens with zero attached hydrogens (tertiary/aromatic N) is 1. The molecule has 6 heteroatoms. The van der Waals surface area contributed by atoms with E-state index in [1.807, 2.05) is 30.3 Å². The van der Waals surface area contributed by atoms with Gasteiger partial charge in [-0.15, -0.1) is 0 Å².